The third-order valence-electron chi connectivity index (χ3n) is 1.36. The number of ketones is 1. The molecule has 0 N–H and O–H groups in total. The fraction of sp³-hybridized carbons (Fsp3) is 0.111. The fourth-order valence-corrected chi connectivity index (χ4v) is 0.816. The van der Waals surface area contributed by atoms with Gasteiger partial charge in [0.25, 0.3) is 0 Å². The van der Waals surface area contributed by atoms with Crippen molar-refractivity contribution in [2.24, 2.45) is 0 Å². The molecule has 1 rings (SSSR count). The van der Waals surface area contributed by atoms with Crippen LogP contribution in [0.5, 0.6) is 0 Å². The number of carbonyl (C=O) groups excluding carboxylic acids is 1. The van der Waals surface area contributed by atoms with Crippen LogP contribution in [0.1, 0.15) is 22.8 Å². The van der Waals surface area contributed by atoms with Crippen LogP contribution in [0.3, 0.4) is 0 Å². The Bertz CT molecular complexity index is 323. The topological polar surface area (TPSA) is 30.0 Å². The predicted octanol–water partition coefficient (Wildman–Crippen LogP) is 1.27. The van der Waals surface area contributed by atoms with Gasteiger partial charge in [-0.25, -0.2) is 0 Å². The molecule has 0 unspecified atom stereocenters. The maximum absolute atomic E-state index is 10.9. The summed E-state index contributed by atoms with van der Waals surface area (Å²) < 4.78 is 0. The van der Waals surface area contributed by atoms with E-state index >= 15 is 0 Å². The van der Waals surface area contributed by atoms with Gasteiger partial charge in [0.15, 0.2) is 5.78 Å². The van der Waals surface area contributed by atoms with Crippen LogP contribution in [0, 0.1) is 12.3 Å². The monoisotopic (exact) mass is 145 g/mol. The minimum atomic E-state index is -0.0275. The second-order valence-corrected chi connectivity index (χ2v) is 2.12. The third-order valence-corrected chi connectivity index (χ3v) is 1.36. The first-order valence-electron chi connectivity index (χ1n) is 3.17. The molecule has 0 aromatic carbocycles. The van der Waals surface area contributed by atoms with Gasteiger partial charge in [-0.15, -0.1) is 6.42 Å². The third kappa shape index (κ3) is 1.44. The summed E-state index contributed by atoms with van der Waals surface area (Å²) in [7, 11) is 0. The smallest absolute Gasteiger partial charge is 0.161 e. The maximum atomic E-state index is 10.9. The standard InChI is InChI=1S/C9H7NO/c1-3-8-6-10-5-4-9(8)7(2)11/h1,4-6H,2H3. The number of hydrogen-bond donors (Lipinski definition) is 0. The summed E-state index contributed by atoms with van der Waals surface area (Å²) in [6.07, 6.45) is 8.21. The van der Waals surface area contributed by atoms with Crippen molar-refractivity contribution in [1.29, 1.82) is 0 Å². The zero-order valence-corrected chi connectivity index (χ0v) is 6.16. The minimum Gasteiger partial charge on any atom is -0.294 e. The molecule has 0 aliphatic carbocycles. The molecule has 0 saturated carbocycles. The van der Waals surface area contributed by atoms with Gasteiger partial charge in [-0.2, -0.15) is 0 Å². The van der Waals surface area contributed by atoms with Crippen LogP contribution >= 0.6 is 0 Å². The Kier molecular flexibility index (Phi) is 2.03. The highest BCUT2D eigenvalue weighted by Gasteiger charge is 2.02. The molecule has 1 aromatic heterocycles. The van der Waals surface area contributed by atoms with E-state index in [1.165, 1.54) is 13.1 Å². The lowest BCUT2D eigenvalue weighted by molar-refractivity contribution is 0.101. The second kappa shape index (κ2) is 2.98. The van der Waals surface area contributed by atoms with Crippen molar-refractivity contribution in [2.45, 2.75) is 6.92 Å². The van der Waals surface area contributed by atoms with Crippen molar-refractivity contribution in [3.8, 4) is 12.3 Å². The number of aromatic nitrogens is 1. The molecular formula is C9H7NO. The molecule has 1 heterocycles. The normalized spacial score (nSPS) is 8.73. The molecule has 0 bridgehead atoms. The lowest BCUT2D eigenvalue weighted by Gasteiger charge is -1.96. The highest BCUT2D eigenvalue weighted by atomic mass is 16.1. The molecule has 54 valence electrons. The van der Waals surface area contributed by atoms with Crippen LogP contribution in [-0.2, 0) is 0 Å². The number of terminal acetylenes is 1. The van der Waals surface area contributed by atoms with Crippen molar-refractivity contribution in [3.63, 3.8) is 0 Å². The molecule has 0 spiro atoms. The number of rotatable bonds is 1. The molecule has 0 fully saturated rings. The second-order valence-electron chi connectivity index (χ2n) is 2.12. The van der Waals surface area contributed by atoms with Crippen LogP contribution in [0.25, 0.3) is 0 Å². The number of Topliss-reactive ketones (excluding diaryl/α,β-unsaturated/α-hetero) is 1. The molecule has 0 saturated heterocycles. The summed E-state index contributed by atoms with van der Waals surface area (Å²) in [5, 5.41) is 0. The SMILES string of the molecule is C#Cc1cnccc1C(C)=O. The van der Waals surface area contributed by atoms with E-state index in [1.54, 1.807) is 12.3 Å². The Morgan fingerprint density at radius 2 is 2.45 bits per heavy atom. The average molecular weight is 145 g/mol. The van der Waals surface area contributed by atoms with E-state index in [-0.39, 0.29) is 5.78 Å². The molecule has 11 heavy (non-hydrogen) atoms. The number of pyridine rings is 1. The van der Waals surface area contributed by atoms with Gasteiger partial charge >= 0.3 is 0 Å². The van der Waals surface area contributed by atoms with E-state index in [2.05, 4.69) is 10.9 Å². The van der Waals surface area contributed by atoms with Crippen LogP contribution < -0.4 is 0 Å². The highest BCUT2D eigenvalue weighted by molar-refractivity contribution is 5.96. The van der Waals surface area contributed by atoms with E-state index in [1.807, 2.05) is 0 Å². The van der Waals surface area contributed by atoms with Gasteiger partial charge < -0.3 is 0 Å². The van der Waals surface area contributed by atoms with Gasteiger partial charge in [-0.3, -0.25) is 9.78 Å². The molecule has 2 nitrogen and oxygen atoms in total. The predicted molar refractivity (Wildman–Crippen MR) is 42.2 cm³/mol. The summed E-state index contributed by atoms with van der Waals surface area (Å²) in [4.78, 5) is 14.7. The molecule has 0 amide bonds. The lowest BCUT2D eigenvalue weighted by Crippen LogP contribution is -1.96. The van der Waals surface area contributed by atoms with Crippen molar-refractivity contribution in [2.75, 3.05) is 0 Å². The maximum Gasteiger partial charge on any atom is 0.161 e. The zero-order valence-electron chi connectivity index (χ0n) is 6.16. The van der Waals surface area contributed by atoms with Gasteiger partial charge in [0.2, 0.25) is 0 Å². The van der Waals surface area contributed by atoms with Gasteiger partial charge in [-0.1, -0.05) is 5.92 Å². The van der Waals surface area contributed by atoms with Crippen molar-refractivity contribution >= 4 is 5.78 Å². The molecule has 2 heteroatoms. The van der Waals surface area contributed by atoms with Crippen LogP contribution in [0.4, 0.5) is 0 Å². The summed E-state index contributed by atoms with van der Waals surface area (Å²) in [5.74, 6) is 2.37. The summed E-state index contributed by atoms with van der Waals surface area (Å²) in [6, 6.07) is 1.62. The van der Waals surface area contributed by atoms with E-state index in [0.29, 0.717) is 11.1 Å². The van der Waals surface area contributed by atoms with E-state index in [9.17, 15) is 4.79 Å². The lowest BCUT2D eigenvalue weighted by atomic mass is 10.1. The van der Waals surface area contributed by atoms with E-state index in [0.717, 1.165) is 0 Å². The van der Waals surface area contributed by atoms with Crippen LogP contribution in [0.15, 0.2) is 18.5 Å². The molecule has 0 radical (unpaired) electrons. The van der Waals surface area contributed by atoms with Crippen molar-refractivity contribution < 1.29 is 4.79 Å². The molecule has 1 aromatic rings. The minimum absolute atomic E-state index is 0.0275. The average Bonchev–Trinajstić information content (AvgIpc) is 2.04. The zero-order chi connectivity index (χ0) is 8.27. The van der Waals surface area contributed by atoms with Gasteiger partial charge in [0.1, 0.15) is 0 Å². The molecular weight excluding hydrogens is 138 g/mol. The quantitative estimate of drug-likeness (QED) is 0.440. The van der Waals surface area contributed by atoms with Crippen molar-refractivity contribution in [3.05, 3.63) is 29.6 Å². The highest BCUT2D eigenvalue weighted by Crippen LogP contribution is 2.04. The van der Waals surface area contributed by atoms with Gasteiger partial charge in [0, 0.05) is 18.0 Å². The molecule has 0 atom stereocenters. The van der Waals surface area contributed by atoms with Gasteiger partial charge in [-0.05, 0) is 13.0 Å². The van der Waals surface area contributed by atoms with Crippen LogP contribution in [0.2, 0.25) is 0 Å². The Balaban J connectivity index is 3.26. The first kappa shape index (κ1) is 7.49. The first-order chi connectivity index (χ1) is 5.25. The van der Waals surface area contributed by atoms with E-state index in [4.69, 9.17) is 6.42 Å². The van der Waals surface area contributed by atoms with Crippen molar-refractivity contribution in [1.82, 2.24) is 4.98 Å². The Hall–Kier alpha value is -1.62. The van der Waals surface area contributed by atoms with Gasteiger partial charge in [0.05, 0.1) is 5.56 Å². The Morgan fingerprint density at radius 1 is 1.73 bits per heavy atom. The number of nitrogens with zero attached hydrogens (tertiary/aromatic N) is 1. The number of carbonyl (C=O) groups is 1. The first-order valence-corrected chi connectivity index (χ1v) is 3.17. The fourth-order valence-electron chi connectivity index (χ4n) is 0.816. The molecule has 0 aliphatic rings. The summed E-state index contributed by atoms with van der Waals surface area (Å²) in [6.45, 7) is 1.48. The van der Waals surface area contributed by atoms with Crippen LogP contribution in [-0.4, -0.2) is 10.8 Å². The Labute approximate surface area is 65.3 Å². The Morgan fingerprint density at radius 3 is 2.91 bits per heavy atom. The largest absolute Gasteiger partial charge is 0.294 e. The summed E-state index contributed by atoms with van der Waals surface area (Å²) in [5.41, 5.74) is 1.11. The molecule has 0 aliphatic heterocycles. The summed E-state index contributed by atoms with van der Waals surface area (Å²) >= 11 is 0. The van der Waals surface area contributed by atoms with E-state index < -0.39 is 0 Å². The number of hydrogen-bond acceptors (Lipinski definition) is 2.